The van der Waals surface area contributed by atoms with Crippen LogP contribution in [0.3, 0.4) is 0 Å². The Hall–Kier alpha value is -1.03. The van der Waals surface area contributed by atoms with Gasteiger partial charge in [-0.1, -0.05) is 0 Å². The van der Waals surface area contributed by atoms with E-state index in [1.807, 2.05) is 0 Å². The maximum atomic E-state index is 12.8. The molecular formula is C8H7F10N. The molecule has 0 heterocycles. The highest BCUT2D eigenvalue weighted by molar-refractivity contribution is 5.70. The van der Waals surface area contributed by atoms with Crippen LogP contribution in [0.25, 0.3) is 0 Å². The topological polar surface area (TPSA) is 23.9 Å². The Balaban J connectivity index is 5.11. The maximum Gasteiger partial charge on any atom is 0.460 e. The van der Waals surface area contributed by atoms with Gasteiger partial charge in [0.15, 0.2) is 5.97 Å². The largest absolute Gasteiger partial charge is 0.460 e. The standard InChI is InChI=1S/C8H7F10N/c9-4(19)2-1-3-5(10,11)6(12,13)7(14,15)8(16,17)18/h19H,1-3H2. The normalized spacial score (nSPS) is 14.6. The second-order valence-corrected chi connectivity index (χ2v) is 3.61. The van der Waals surface area contributed by atoms with Crippen LogP contribution >= 0.6 is 0 Å². The van der Waals surface area contributed by atoms with Gasteiger partial charge in [0.2, 0.25) is 0 Å². The van der Waals surface area contributed by atoms with Crippen molar-refractivity contribution >= 4 is 5.97 Å². The van der Waals surface area contributed by atoms with Crippen LogP contribution in [-0.2, 0) is 0 Å². The van der Waals surface area contributed by atoms with Crippen molar-refractivity contribution < 1.29 is 43.9 Å². The second-order valence-electron chi connectivity index (χ2n) is 3.61. The van der Waals surface area contributed by atoms with E-state index in [4.69, 9.17) is 5.41 Å². The third-order valence-electron chi connectivity index (χ3n) is 2.10. The fraction of sp³-hybridized carbons (Fsp3) is 0.875. The van der Waals surface area contributed by atoms with Gasteiger partial charge in [-0.25, -0.2) is 0 Å². The molecule has 19 heavy (non-hydrogen) atoms. The quantitative estimate of drug-likeness (QED) is 0.549. The lowest BCUT2D eigenvalue weighted by Gasteiger charge is -2.33. The van der Waals surface area contributed by atoms with Crippen LogP contribution in [0.2, 0.25) is 0 Å². The van der Waals surface area contributed by atoms with Gasteiger partial charge in [-0.05, 0) is 6.42 Å². The SMILES string of the molecule is N=C(F)CCCC(F)(F)C(F)(F)C(F)(F)C(F)(F)F. The summed E-state index contributed by atoms with van der Waals surface area (Å²) in [5.41, 5.74) is 0. The molecule has 0 atom stereocenters. The number of hydrogen-bond donors (Lipinski definition) is 1. The molecule has 0 saturated heterocycles. The van der Waals surface area contributed by atoms with Crippen molar-refractivity contribution in [3.63, 3.8) is 0 Å². The summed E-state index contributed by atoms with van der Waals surface area (Å²) >= 11 is 0. The van der Waals surface area contributed by atoms with Crippen molar-refractivity contribution in [2.75, 3.05) is 0 Å². The third-order valence-corrected chi connectivity index (χ3v) is 2.10. The Bertz CT molecular complexity index is 331. The molecule has 0 spiro atoms. The van der Waals surface area contributed by atoms with Crippen LogP contribution in [0.1, 0.15) is 19.3 Å². The van der Waals surface area contributed by atoms with E-state index in [0.29, 0.717) is 0 Å². The molecule has 0 unspecified atom stereocenters. The van der Waals surface area contributed by atoms with E-state index in [2.05, 4.69) is 0 Å². The third kappa shape index (κ3) is 3.50. The number of alkyl halides is 9. The molecule has 0 radical (unpaired) electrons. The summed E-state index contributed by atoms with van der Waals surface area (Å²) in [6.07, 6.45) is -11.2. The summed E-state index contributed by atoms with van der Waals surface area (Å²) in [5.74, 6) is -21.0. The van der Waals surface area contributed by atoms with E-state index in [0.717, 1.165) is 0 Å². The molecule has 0 aromatic heterocycles. The molecule has 0 bridgehead atoms. The number of rotatable bonds is 6. The highest BCUT2D eigenvalue weighted by Crippen LogP contribution is 2.54. The Kier molecular flexibility index (Phi) is 4.88. The fourth-order valence-electron chi connectivity index (χ4n) is 1.03. The first-order valence-electron chi connectivity index (χ1n) is 4.60. The summed E-state index contributed by atoms with van der Waals surface area (Å²) in [5, 5.41) is 6.15. The first kappa shape index (κ1) is 18.0. The summed E-state index contributed by atoms with van der Waals surface area (Å²) < 4.78 is 122. The molecular weight excluding hydrogens is 300 g/mol. The van der Waals surface area contributed by atoms with E-state index in [9.17, 15) is 43.9 Å². The van der Waals surface area contributed by atoms with Crippen LogP contribution in [0.5, 0.6) is 0 Å². The van der Waals surface area contributed by atoms with Crippen molar-refractivity contribution in [3.8, 4) is 0 Å². The molecule has 0 aromatic carbocycles. The van der Waals surface area contributed by atoms with Gasteiger partial charge in [0.05, 0.1) is 0 Å². The average Bonchev–Trinajstić information content (AvgIpc) is 2.14. The molecule has 0 rings (SSSR count). The van der Waals surface area contributed by atoms with Crippen molar-refractivity contribution in [3.05, 3.63) is 0 Å². The van der Waals surface area contributed by atoms with E-state index >= 15 is 0 Å². The summed E-state index contributed by atoms with van der Waals surface area (Å²) in [4.78, 5) is 0. The van der Waals surface area contributed by atoms with E-state index in [1.165, 1.54) is 0 Å². The number of halogens is 10. The molecule has 0 fully saturated rings. The second kappa shape index (κ2) is 5.16. The molecule has 0 aliphatic carbocycles. The Morgan fingerprint density at radius 1 is 0.789 bits per heavy atom. The first-order valence-corrected chi connectivity index (χ1v) is 4.60. The van der Waals surface area contributed by atoms with Gasteiger partial charge in [-0.3, -0.25) is 5.41 Å². The zero-order valence-electron chi connectivity index (χ0n) is 8.90. The highest BCUT2D eigenvalue weighted by atomic mass is 19.4. The predicted octanol–water partition coefficient (Wildman–Crippen LogP) is 4.57. The zero-order chi connectivity index (χ0) is 15.7. The van der Waals surface area contributed by atoms with E-state index in [-0.39, 0.29) is 0 Å². The van der Waals surface area contributed by atoms with Gasteiger partial charge in [-0.15, -0.1) is 0 Å². The van der Waals surface area contributed by atoms with Crippen molar-refractivity contribution in [1.82, 2.24) is 0 Å². The van der Waals surface area contributed by atoms with Crippen LogP contribution in [0.15, 0.2) is 0 Å². The summed E-state index contributed by atoms with van der Waals surface area (Å²) in [7, 11) is 0. The van der Waals surface area contributed by atoms with Crippen LogP contribution in [-0.4, -0.2) is 29.9 Å². The first-order chi connectivity index (χ1) is 8.17. The van der Waals surface area contributed by atoms with Gasteiger partial charge in [0.1, 0.15) is 0 Å². The lowest BCUT2D eigenvalue weighted by Crippen LogP contribution is -2.60. The van der Waals surface area contributed by atoms with Crippen molar-refractivity contribution in [1.29, 1.82) is 5.41 Å². The lowest BCUT2D eigenvalue weighted by atomic mass is 9.99. The monoisotopic (exact) mass is 307 g/mol. The maximum absolute atomic E-state index is 12.8. The molecule has 1 N–H and O–H groups in total. The molecule has 11 heteroatoms. The Labute approximate surface area is 99.6 Å². The van der Waals surface area contributed by atoms with Gasteiger partial charge < -0.3 is 0 Å². The minimum absolute atomic E-state index is 1.07. The van der Waals surface area contributed by atoms with Crippen molar-refractivity contribution in [2.24, 2.45) is 0 Å². The van der Waals surface area contributed by atoms with Gasteiger partial charge in [0.25, 0.3) is 0 Å². The molecule has 0 amide bonds. The van der Waals surface area contributed by atoms with Crippen LogP contribution < -0.4 is 0 Å². The molecule has 0 aromatic rings. The van der Waals surface area contributed by atoms with E-state index in [1.54, 1.807) is 0 Å². The average molecular weight is 307 g/mol. The highest BCUT2D eigenvalue weighted by Gasteiger charge is 2.81. The molecule has 114 valence electrons. The summed E-state index contributed by atoms with van der Waals surface area (Å²) in [6.45, 7) is 0. The number of nitrogens with one attached hydrogen (secondary N) is 1. The Morgan fingerprint density at radius 2 is 1.21 bits per heavy atom. The minimum atomic E-state index is -6.92. The molecule has 0 aliphatic rings. The minimum Gasteiger partial charge on any atom is -0.278 e. The Morgan fingerprint density at radius 3 is 1.53 bits per heavy atom. The van der Waals surface area contributed by atoms with Crippen LogP contribution in [0, 0.1) is 5.41 Å². The molecule has 0 saturated carbocycles. The lowest BCUT2D eigenvalue weighted by molar-refractivity contribution is -0.396. The van der Waals surface area contributed by atoms with Gasteiger partial charge in [-0.2, -0.15) is 43.9 Å². The number of hydrogen-bond acceptors (Lipinski definition) is 1. The zero-order valence-corrected chi connectivity index (χ0v) is 8.90. The molecule has 0 aliphatic heterocycles. The van der Waals surface area contributed by atoms with Gasteiger partial charge >= 0.3 is 23.9 Å². The van der Waals surface area contributed by atoms with E-state index < -0.39 is 49.2 Å². The van der Waals surface area contributed by atoms with Crippen molar-refractivity contribution in [2.45, 2.75) is 43.2 Å². The predicted molar refractivity (Wildman–Crippen MR) is 43.6 cm³/mol. The molecule has 1 nitrogen and oxygen atoms in total. The van der Waals surface area contributed by atoms with Crippen LogP contribution in [0.4, 0.5) is 43.9 Å². The fourth-order valence-corrected chi connectivity index (χ4v) is 1.03. The van der Waals surface area contributed by atoms with Gasteiger partial charge in [0, 0.05) is 12.8 Å². The smallest absolute Gasteiger partial charge is 0.278 e. The summed E-state index contributed by atoms with van der Waals surface area (Å²) in [6, 6.07) is 0.